The van der Waals surface area contributed by atoms with Crippen LogP contribution in [0.3, 0.4) is 0 Å². The number of amidine groups is 1. The summed E-state index contributed by atoms with van der Waals surface area (Å²) in [5.41, 5.74) is -0.266. The van der Waals surface area contributed by atoms with Gasteiger partial charge in [-0.1, -0.05) is 23.7 Å². The second kappa shape index (κ2) is 5.99. The van der Waals surface area contributed by atoms with Crippen molar-refractivity contribution in [3.8, 4) is 0 Å². The number of anilines is 1. The number of alkyl halides is 6. The van der Waals surface area contributed by atoms with E-state index in [0.717, 1.165) is 12.1 Å². The molecule has 0 bridgehead atoms. The third-order valence-corrected chi connectivity index (χ3v) is 3.98. The molecule has 0 amide bonds. The summed E-state index contributed by atoms with van der Waals surface area (Å²) < 4.78 is 58.9. The lowest BCUT2D eigenvalue weighted by molar-refractivity contribution is -0.260. The second-order valence-corrected chi connectivity index (χ2v) is 5.81. The Kier molecular flexibility index (Phi) is 4.71. The van der Waals surface area contributed by atoms with E-state index in [1.165, 1.54) is 17.0 Å². The first-order valence-electron chi connectivity index (χ1n) is 6.36. The molecule has 0 aliphatic carbocycles. The average molecular weight is 375 g/mol. The molecule has 10 heteroatoms. The summed E-state index contributed by atoms with van der Waals surface area (Å²) in [4.78, 5) is 5.57. The summed E-state index contributed by atoms with van der Waals surface area (Å²) in [5.74, 6) is -4.81. The molecule has 0 fully saturated rings. The van der Waals surface area contributed by atoms with Crippen molar-refractivity contribution >= 4 is 34.9 Å². The maximum absolute atomic E-state index is 14.2. The number of benzene rings is 1. The maximum Gasteiger partial charge on any atom is 0.384 e. The number of halogens is 6. The van der Waals surface area contributed by atoms with Gasteiger partial charge in [-0.3, -0.25) is 4.90 Å². The fraction of sp³-hybridized carbons (Fsp3) is 0.462. The zero-order valence-corrected chi connectivity index (χ0v) is 13.3. The van der Waals surface area contributed by atoms with Crippen LogP contribution in [-0.4, -0.2) is 42.6 Å². The molecule has 2 unspecified atom stereocenters. The van der Waals surface area contributed by atoms with Crippen LogP contribution in [0.1, 0.15) is 5.56 Å². The van der Waals surface area contributed by atoms with Gasteiger partial charge in [-0.2, -0.15) is 13.2 Å². The molecule has 0 spiro atoms. The minimum atomic E-state index is -4.93. The Balaban J connectivity index is 2.28. The highest BCUT2D eigenvalue weighted by Crippen LogP contribution is 2.51. The van der Waals surface area contributed by atoms with Crippen LogP contribution in [0.4, 0.5) is 23.2 Å². The van der Waals surface area contributed by atoms with Crippen LogP contribution in [0.2, 0.25) is 0 Å². The first-order chi connectivity index (χ1) is 10.5. The lowest BCUT2D eigenvalue weighted by atomic mass is 10.0. The van der Waals surface area contributed by atoms with E-state index in [2.05, 4.69) is 16.6 Å². The molecular weight excluding hydrogens is 363 g/mol. The first-order valence-corrected chi connectivity index (χ1v) is 7.11. The minimum absolute atomic E-state index is 0.324. The van der Waals surface area contributed by atoms with Crippen LogP contribution >= 0.6 is 23.2 Å². The van der Waals surface area contributed by atoms with Crippen molar-refractivity contribution in [2.24, 2.45) is 4.99 Å². The number of nitrogens with zero attached hydrogens (tertiary/aromatic N) is 2. The Labute approximate surface area is 139 Å². The van der Waals surface area contributed by atoms with E-state index in [0.29, 0.717) is 24.9 Å². The lowest BCUT2D eigenvalue weighted by Gasteiger charge is -2.33. The molecule has 1 aromatic rings. The fourth-order valence-corrected chi connectivity index (χ4v) is 2.32. The summed E-state index contributed by atoms with van der Waals surface area (Å²) in [5, 5.41) is 0.205. The number of aliphatic hydroxyl groups is 1. The Morgan fingerprint density at radius 1 is 1.17 bits per heavy atom. The van der Waals surface area contributed by atoms with Gasteiger partial charge in [0.1, 0.15) is 6.61 Å². The van der Waals surface area contributed by atoms with Crippen molar-refractivity contribution in [3.63, 3.8) is 0 Å². The van der Waals surface area contributed by atoms with E-state index in [9.17, 15) is 17.6 Å². The van der Waals surface area contributed by atoms with E-state index in [1.807, 2.05) is 0 Å². The van der Waals surface area contributed by atoms with E-state index in [1.54, 1.807) is 7.05 Å². The smallest absolute Gasteiger partial charge is 0.384 e. The maximum atomic E-state index is 14.2. The number of hydrogen-bond acceptors (Lipinski definition) is 4. The van der Waals surface area contributed by atoms with Crippen LogP contribution < -0.4 is 4.90 Å². The zero-order chi connectivity index (χ0) is 17.5. The van der Waals surface area contributed by atoms with Crippen LogP contribution in [0, 0.1) is 0 Å². The van der Waals surface area contributed by atoms with E-state index < -0.39 is 21.9 Å². The molecule has 128 valence electrons. The van der Waals surface area contributed by atoms with Crippen molar-refractivity contribution < 1.29 is 27.4 Å². The number of rotatable bonds is 4. The summed E-state index contributed by atoms with van der Waals surface area (Å²) in [6, 6.07) is 4.77. The fourth-order valence-electron chi connectivity index (χ4n) is 1.90. The Hall–Kier alpha value is -1.25. The van der Waals surface area contributed by atoms with Crippen molar-refractivity contribution in [1.82, 2.24) is 0 Å². The molecule has 2 atom stereocenters. The van der Waals surface area contributed by atoms with Gasteiger partial charge in [-0.15, -0.1) is 0 Å². The van der Waals surface area contributed by atoms with Gasteiger partial charge in [-0.25, -0.2) is 9.38 Å². The molecule has 1 aromatic carbocycles. The van der Waals surface area contributed by atoms with Crippen LogP contribution in [-0.2, 0) is 9.86 Å². The van der Waals surface area contributed by atoms with Crippen molar-refractivity contribution in [3.05, 3.63) is 29.8 Å². The predicted molar refractivity (Wildman–Crippen MR) is 78.6 cm³/mol. The van der Waals surface area contributed by atoms with Crippen LogP contribution in [0.5, 0.6) is 0 Å². The molecule has 4 nitrogen and oxygen atoms in total. The van der Waals surface area contributed by atoms with Gasteiger partial charge < -0.3 is 9.84 Å². The molecule has 0 saturated heterocycles. The SMILES string of the molecule is CN(C1=NCCO1)c1ccc(C(F)(Cl)C(O)(F)C(F)(F)Cl)cc1. The Bertz CT molecular complexity index is 603. The van der Waals surface area contributed by atoms with Crippen molar-refractivity contribution in [2.75, 3.05) is 25.1 Å². The standard InChI is InChI=1S/C13H12Cl2F4N2O2/c1-21(10-20-6-7-23-10)9-4-2-8(3-5-9)11(14,16)12(17,22)13(15,18)19/h2-5,22H,6-7H2,1H3. The number of hydrogen-bond donors (Lipinski definition) is 1. The summed E-state index contributed by atoms with van der Waals surface area (Å²) in [6.07, 6.45) is 0. The third-order valence-electron chi connectivity index (χ3n) is 3.27. The van der Waals surface area contributed by atoms with Crippen LogP contribution in [0.25, 0.3) is 0 Å². The highest BCUT2D eigenvalue weighted by molar-refractivity contribution is 6.26. The molecule has 0 saturated carbocycles. The largest absolute Gasteiger partial charge is 0.463 e. The number of aliphatic imine (C=N–C) groups is 1. The monoisotopic (exact) mass is 374 g/mol. The van der Waals surface area contributed by atoms with E-state index in [-0.39, 0.29) is 0 Å². The van der Waals surface area contributed by atoms with Gasteiger partial charge >= 0.3 is 11.2 Å². The van der Waals surface area contributed by atoms with Crippen LogP contribution in [0.15, 0.2) is 29.3 Å². The van der Waals surface area contributed by atoms with Gasteiger partial charge in [0.2, 0.25) is 0 Å². The summed E-state index contributed by atoms with van der Waals surface area (Å²) in [7, 11) is 1.61. The van der Waals surface area contributed by atoms with Gasteiger partial charge in [0.05, 0.1) is 6.54 Å². The van der Waals surface area contributed by atoms with Crippen molar-refractivity contribution in [2.45, 2.75) is 16.4 Å². The third kappa shape index (κ3) is 3.20. The summed E-state index contributed by atoms with van der Waals surface area (Å²) in [6.45, 7) is 0.916. The highest BCUT2D eigenvalue weighted by atomic mass is 35.5. The normalized spacial score (nSPS) is 20.3. The molecule has 23 heavy (non-hydrogen) atoms. The van der Waals surface area contributed by atoms with Crippen molar-refractivity contribution in [1.29, 1.82) is 0 Å². The molecule has 2 rings (SSSR count). The quantitative estimate of drug-likeness (QED) is 0.649. The molecule has 0 aromatic heterocycles. The first kappa shape index (κ1) is 18.1. The predicted octanol–water partition coefficient (Wildman–Crippen LogP) is 3.36. The summed E-state index contributed by atoms with van der Waals surface area (Å²) >= 11 is 9.58. The van der Waals surface area contributed by atoms with E-state index in [4.69, 9.17) is 21.4 Å². The van der Waals surface area contributed by atoms with E-state index >= 15 is 0 Å². The Morgan fingerprint density at radius 2 is 1.74 bits per heavy atom. The van der Waals surface area contributed by atoms with Gasteiger partial charge in [-0.05, 0) is 23.7 Å². The van der Waals surface area contributed by atoms with Gasteiger partial charge in [0.25, 0.3) is 11.1 Å². The van der Waals surface area contributed by atoms with Gasteiger partial charge in [0.15, 0.2) is 0 Å². The number of ether oxygens (including phenoxy) is 1. The minimum Gasteiger partial charge on any atom is -0.463 e. The second-order valence-electron chi connectivity index (χ2n) is 4.81. The molecule has 1 N–H and O–H groups in total. The highest BCUT2D eigenvalue weighted by Gasteiger charge is 2.68. The average Bonchev–Trinajstić information content (AvgIpc) is 2.99. The molecule has 1 heterocycles. The molecule has 1 aliphatic rings. The Morgan fingerprint density at radius 3 is 2.17 bits per heavy atom. The van der Waals surface area contributed by atoms with Gasteiger partial charge in [0, 0.05) is 18.3 Å². The molecule has 0 radical (unpaired) electrons. The zero-order valence-electron chi connectivity index (χ0n) is 11.7. The molecule has 1 aliphatic heterocycles. The lowest BCUT2D eigenvalue weighted by Crippen LogP contribution is -2.52. The molecular formula is C13H12Cl2F4N2O2. The topological polar surface area (TPSA) is 45.1 Å².